The summed E-state index contributed by atoms with van der Waals surface area (Å²) in [6, 6.07) is 1.97. The van der Waals surface area contributed by atoms with Crippen LogP contribution in [0.3, 0.4) is 0 Å². The van der Waals surface area contributed by atoms with Gasteiger partial charge in [-0.1, -0.05) is 25.9 Å². The van der Waals surface area contributed by atoms with Crippen LogP contribution < -0.4 is 10.6 Å². The predicted molar refractivity (Wildman–Crippen MR) is 98.6 cm³/mol. The van der Waals surface area contributed by atoms with E-state index in [2.05, 4.69) is 58.8 Å². The molecule has 0 unspecified atom stereocenters. The smallest absolute Gasteiger partial charge is 0.191 e. The number of rotatable bonds is 8. The van der Waals surface area contributed by atoms with Crippen LogP contribution in [0.2, 0.25) is 0 Å². The first-order valence-corrected chi connectivity index (χ1v) is 9.41. The molecule has 0 aromatic carbocycles. The standard InChI is InChI=1S/C17H27N5OS/c1-5-16-21-13(11-24-16)7-8-19-17(18-6-2)20-10-14-9-15(12(3)4)22-23-14/h9,11-12H,5-8,10H2,1-4H3,(H2,18,19,20). The van der Waals surface area contributed by atoms with Crippen LogP contribution >= 0.6 is 11.3 Å². The zero-order chi connectivity index (χ0) is 17.4. The second-order valence-electron chi connectivity index (χ2n) is 5.83. The number of thiazole rings is 1. The summed E-state index contributed by atoms with van der Waals surface area (Å²) >= 11 is 1.73. The molecule has 0 aliphatic heterocycles. The van der Waals surface area contributed by atoms with Gasteiger partial charge in [-0.2, -0.15) is 0 Å². The van der Waals surface area contributed by atoms with Crippen molar-refractivity contribution in [2.75, 3.05) is 13.1 Å². The summed E-state index contributed by atoms with van der Waals surface area (Å²) in [7, 11) is 0. The molecule has 0 radical (unpaired) electrons. The van der Waals surface area contributed by atoms with Crippen molar-refractivity contribution in [1.82, 2.24) is 20.8 Å². The van der Waals surface area contributed by atoms with Crippen LogP contribution in [-0.2, 0) is 19.4 Å². The van der Waals surface area contributed by atoms with Crippen LogP contribution in [0.1, 0.15) is 55.8 Å². The minimum absolute atomic E-state index is 0.365. The first kappa shape index (κ1) is 18.4. The Balaban J connectivity index is 1.85. The first-order valence-electron chi connectivity index (χ1n) is 8.53. The van der Waals surface area contributed by atoms with E-state index in [4.69, 9.17) is 4.52 Å². The average Bonchev–Trinajstić information content (AvgIpc) is 3.22. The molecule has 0 fully saturated rings. The fourth-order valence-corrected chi connectivity index (χ4v) is 2.89. The van der Waals surface area contributed by atoms with E-state index in [1.165, 1.54) is 5.01 Å². The lowest BCUT2D eigenvalue weighted by molar-refractivity contribution is 0.376. The molecule has 0 amide bonds. The SMILES string of the molecule is CCNC(=NCc1cc(C(C)C)no1)NCCc1csc(CC)n1. The number of hydrogen-bond acceptors (Lipinski definition) is 5. The van der Waals surface area contributed by atoms with Gasteiger partial charge in [-0.25, -0.2) is 9.98 Å². The Bertz CT molecular complexity index is 647. The molecular weight excluding hydrogens is 322 g/mol. The predicted octanol–water partition coefficient (Wildman–Crippen LogP) is 3.11. The maximum atomic E-state index is 5.32. The topological polar surface area (TPSA) is 75.3 Å². The molecule has 0 bridgehead atoms. The molecular formula is C17H27N5OS. The summed E-state index contributed by atoms with van der Waals surface area (Å²) in [5, 5.41) is 14.0. The van der Waals surface area contributed by atoms with Gasteiger partial charge in [0.2, 0.25) is 0 Å². The van der Waals surface area contributed by atoms with Crippen molar-refractivity contribution in [2.24, 2.45) is 4.99 Å². The van der Waals surface area contributed by atoms with Gasteiger partial charge < -0.3 is 15.2 Å². The summed E-state index contributed by atoms with van der Waals surface area (Å²) in [6.45, 7) is 10.5. The van der Waals surface area contributed by atoms with Gasteiger partial charge in [-0.3, -0.25) is 0 Å². The quantitative estimate of drug-likeness (QED) is 0.566. The Morgan fingerprint density at radius 3 is 2.79 bits per heavy atom. The third-order valence-electron chi connectivity index (χ3n) is 3.48. The van der Waals surface area contributed by atoms with Crippen LogP contribution in [0.5, 0.6) is 0 Å². The van der Waals surface area contributed by atoms with E-state index in [1.54, 1.807) is 11.3 Å². The molecule has 2 aromatic heterocycles. The van der Waals surface area contributed by atoms with Crippen molar-refractivity contribution in [2.45, 2.75) is 53.0 Å². The average molecular weight is 350 g/mol. The lowest BCUT2D eigenvalue weighted by atomic mass is 10.1. The van der Waals surface area contributed by atoms with Gasteiger partial charge in [-0.05, 0) is 19.3 Å². The molecule has 132 valence electrons. The molecule has 24 heavy (non-hydrogen) atoms. The highest BCUT2D eigenvalue weighted by atomic mass is 32.1. The zero-order valence-corrected chi connectivity index (χ0v) is 15.7. The van der Waals surface area contributed by atoms with E-state index in [0.29, 0.717) is 12.5 Å². The van der Waals surface area contributed by atoms with Crippen molar-refractivity contribution in [3.8, 4) is 0 Å². The van der Waals surface area contributed by atoms with Crippen molar-refractivity contribution >= 4 is 17.3 Å². The molecule has 0 saturated carbocycles. The van der Waals surface area contributed by atoms with E-state index < -0.39 is 0 Å². The Morgan fingerprint density at radius 2 is 2.17 bits per heavy atom. The first-order chi connectivity index (χ1) is 11.6. The van der Waals surface area contributed by atoms with Gasteiger partial charge in [0.15, 0.2) is 11.7 Å². The monoisotopic (exact) mass is 349 g/mol. The van der Waals surface area contributed by atoms with Crippen LogP contribution in [0.15, 0.2) is 21.0 Å². The normalized spacial score (nSPS) is 12.0. The highest BCUT2D eigenvalue weighted by Crippen LogP contribution is 2.14. The largest absolute Gasteiger partial charge is 0.359 e. The summed E-state index contributed by atoms with van der Waals surface area (Å²) in [6.07, 6.45) is 1.89. The molecule has 0 aliphatic rings. The molecule has 2 aromatic rings. The van der Waals surface area contributed by atoms with Crippen LogP contribution in [0.25, 0.3) is 0 Å². The van der Waals surface area contributed by atoms with E-state index in [0.717, 1.165) is 49.0 Å². The second kappa shape index (κ2) is 9.42. The summed E-state index contributed by atoms with van der Waals surface area (Å²) in [4.78, 5) is 9.13. The Morgan fingerprint density at radius 1 is 1.33 bits per heavy atom. The third kappa shape index (κ3) is 5.63. The zero-order valence-electron chi connectivity index (χ0n) is 14.9. The molecule has 2 rings (SSSR count). The third-order valence-corrected chi connectivity index (χ3v) is 4.52. The van der Waals surface area contributed by atoms with Crippen molar-refractivity contribution < 1.29 is 4.52 Å². The molecule has 0 saturated heterocycles. The Kier molecular flexibility index (Phi) is 7.24. The number of aliphatic imine (C=N–C) groups is 1. The molecule has 0 aliphatic carbocycles. The van der Waals surface area contributed by atoms with E-state index in [-0.39, 0.29) is 0 Å². The number of aromatic nitrogens is 2. The maximum absolute atomic E-state index is 5.32. The number of nitrogens with one attached hydrogen (secondary N) is 2. The van der Waals surface area contributed by atoms with E-state index in [1.807, 2.05) is 6.07 Å². The molecule has 6 nitrogen and oxygen atoms in total. The van der Waals surface area contributed by atoms with Gasteiger partial charge >= 0.3 is 0 Å². The van der Waals surface area contributed by atoms with Crippen molar-refractivity contribution in [3.05, 3.63) is 33.6 Å². The number of guanidine groups is 1. The minimum Gasteiger partial charge on any atom is -0.359 e. The highest BCUT2D eigenvalue weighted by molar-refractivity contribution is 7.09. The highest BCUT2D eigenvalue weighted by Gasteiger charge is 2.07. The van der Waals surface area contributed by atoms with Crippen molar-refractivity contribution in [3.63, 3.8) is 0 Å². The Hall–Kier alpha value is -1.89. The minimum atomic E-state index is 0.365. The molecule has 2 heterocycles. The van der Waals surface area contributed by atoms with Gasteiger partial charge in [0, 0.05) is 31.0 Å². The fourth-order valence-electron chi connectivity index (χ4n) is 2.11. The summed E-state index contributed by atoms with van der Waals surface area (Å²) in [5.41, 5.74) is 2.10. The molecule has 2 N–H and O–H groups in total. The Labute approximate surface area is 147 Å². The van der Waals surface area contributed by atoms with Gasteiger partial charge in [0.1, 0.15) is 6.54 Å². The van der Waals surface area contributed by atoms with Crippen LogP contribution in [-0.4, -0.2) is 29.2 Å². The fraction of sp³-hybridized carbons (Fsp3) is 0.588. The summed E-state index contributed by atoms with van der Waals surface area (Å²) < 4.78 is 5.32. The lowest BCUT2D eigenvalue weighted by Gasteiger charge is -2.10. The second-order valence-corrected chi connectivity index (χ2v) is 6.77. The van der Waals surface area contributed by atoms with Gasteiger partial charge in [0.25, 0.3) is 0 Å². The molecule has 0 atom stereocenters. The van der Waals surface area contributed by atoms with Crippen molar-refractivity contribution in [1.29, 1.82) is 0 Å². The molecule has 7 heteroatoms. The number of aryl methyl sites for hydroxylation is 1. The number of nitrogens with zero attached hydrogens (tertiary/aromatic N) is 3. The van der Waals surface area contributed by atoms with E-state index >= 15 is 0 Å². The number of hydrogen-bond donors (Lipinski definition) is 2. The van der Waals surface area contributed by atoms with Crippen LogP contribution in [0.4, 0.5) is 0 Å². The summed E-state index contributed by atoms with van der Waals surface area (Å²) in [5.74, 6) is 1.93. The van der Waals surface area contributed by atoms with Crippen LogP contribution in [0, 0.1) is 0 Å². The van der Waals surface area contributed by atoms with Gasteiger partial charge in [0.05, 0.1) is 16.4 Å². The lowest BCUT2D eigenvalue weighted by Crippen LogP contribution is -2.38. The van der Waals surface area contributed by atoms with Gasteiger partial charge in [-0.15, -0.1) is 11.3 Å². The van der Waals surface area contributed by atoms with E-state index in [9.17, 15) is 0 Å². The molecule has 0 spiro atoms. The maximum Gasteiger partial charge on any atom is 0.191 e.